The third-order valence-corrected chi connectivity index (χ3v) is 4.45. The van der Waals surface area contributed by atoms with Crippen LogP contribution in [0.4, 0.5) is 0 Å². The van der Waals surface area contributed by atoms with Gasteiger partial charge in [-0.2, -0.15) is 0 Å². The molecule has 1 atom stereocenters. The van der Waals surface area contributed by atoms with Crippen LogP contribution in [0.5, 0.6) is 0 Å². The minimum absolute atomic E-state index is 0.0355. The first-order valence-electron chi connectivity index (χ1n) is 6.60. The quantitative estimate of drug-likeness (QED) is 0.867. The van der Waals surface area contributed by atoms with E-state index in [2.05, 4.69) is 30.5 Å². The fourth-order valence-corrected chi connectivity index (χ4v) is 3.28. The molecule has 2 N–H and O–H groups in total. The summed E-state index contributed by atoms with van der Waals surface area (Å²) in [6.45, 7) is 9.98. The van der Waals surface area contributed by atoms with Crippen molar-refractivity contribution in [1.82, 2.24) is 10.6 Å². The van der Waals surface area contributed by atoms with Gasteiger partial charge in [0.15, 0.2) is 0 Å². The van der Waals surface area contributed by atoms with E-state index in [1.54, 1.807) is 11.3 Å². The monoisotopic (exact) mass is 282 g/mol. The Bertz CT molecular complexity index is 466. The molecule has 1 fully saturated rings. The molecular formula is C14H22N2O2S. The summed E-state index contributed by atoms with van der Waals surface area (Å²) in [5.74, 6) is -0.0520. The summed E-state index contributed by atoms with van der Waals surface area (Å²) in [5.41, 5.74) is 1.03. The highest BCUT2D eigenvalue weighted by atomic mass is 32.1. The Balaban J connectivity index is 1.83. The molecule has 106 valence electrons. The highest BCUT2D eigenvalue weighted by Gasteiger charge is 2.33. The molecule has 0 radical (unpaired) electrons. The molecule has 5 heteroatoms. The summed E-state index contributed by atoms with van der Waals surface area (Å²) < 4.78 is 5.63. The molecule has 2 heterocycles. The number of ether oxygens (including phenoxy) is 1. The predicted molar refractivity (Wildman–Crippen MR) is 77.6 cm³/mol. The number of hydrogen-bond donors (Lipinski definition) is 2. The summed E-state index contributed by atoms with van der Waals surface area (Å²) in [7, 11) is 0. The predicted octanol–water partition coefficient (Wildman–Crippen LogP) is 1.92. The summed E-state index contributed by atoms with van der Waals surface area (Å²) in [6, 6.07) is 2.18. The van der Waals surface area contributed by atoms with E-state index < -0.39 is 0 Å². The fourth-order valence-electron chi connectivity index (χ4n) is 2.26. The van der Waals surface area contributed by atoms with Crippen LogP contribution in [0.15, 0.2) is 6.07 Å². The number of thiophene rings is 1. The number of carbonyl (C=O) groups is 1. The van der Waals surface area contributed by atoms with E-state index in [1.165, 1.54) is 15.3 Å². The molecule has 1 aliphatic heterocycles. The van der Waals surface area contributed by atoms with Gasteiger partial charge < -0.3 is 15.4 Å². The van der Waals surface area contributed by atoms with E-state index in [0.717, 1.165) is 13.1 Å². The normalized spacial score (nSPS) is 18.7. The zero-order valence-corrected chi connectivity index (χ0v) is 12.8. The van der Waals surface area contributed by atoms with Gasteiger partial charge >= 0.3 is 0 Å². The second kappa shape index (κ2) is 5.61. The summed E-state index contributed by atoms with van der Waals surface area (Å²) in [6.07, 6.45) is 0. The lowest BCUT2D eigenvalue weighted by Crippen LogP contribution is -2.59. The Morgan fingerprint density at radius 1 is 1.58 bits per heavy atom. The van der Waals surface area contributed by atoms with E-state index in [1.807, 2.05) is 13.8 Å². The topological polar surface area (TPSA) is 50.4 Å². The van der Waals surface area contributed by atoms with Gasteiger partial charge in [0.25, 0.3) is 0 Å². The molecule has 1 unspecified atom stereocenters. The third-order valence-electron chi connectivity index (χ3n) is 3.47. The smallest absolute Gasteiger partial charge is 0.246 e. The zero-order valence-electron chi connectivity index (χ0n) is 12.0. The first-order valence-corrected chi connectivity index (χ1v) is 7.42. The first-order chi connectivity index (χ1) is 8.89. The van der Waals surface area contributed by atoms with Gasteiger partial charge in [0.2, 0.25) is 5.91 Å². The van der Waals surface area contributed by atoms with Crippen LogP contribution in [-0.4, -0.2) is 31.2 Å². The van der Waals surface area contributed by atoms with E-state index >= 15 is 0 Å². The van der Waals surface area contributed by atoms with Crippen molar-refractivity contribution in [3.8, 4) is 0 Å². The Hall–Kier alpha value is -0.910. The maximum Gasteiger partial charge on any atom is 0.246 e. The van der Waals surface area contributed by atoms with Gasteiger partial charge in [0.1, 0.15) is 6.61 Å². The molecule has 0 spiro atoms. The van der Waals surface area contributed by atoms with Crippen molar-refractivity contribution in [1.29, 1.82) is 0 Å². The van der Waals surface area contributed by atoms with Crippen molar-refractivity contribution < 1.29 is 9.53 Å². The molecule has 19 heavy (non-hydrogen) atoms. The molecule has 0 saturated carbocycles. The second-order valence-corrected chi connectivity index (χ2v) is 6.96. The van der Waals surface area contributed by atoms with Crippen molar-refractivity contribution in [3.05, 3.63) is 21.4 Å². The maximum atomic E-state index is 11.9. The van der Waals surface area contributed by atoms with Crippen molar-refractivity contribution in [3.63, 3.8) is 0 Å². The molecule has 0 aliphatic carbocycles. The van der Waals surface area contributed by atoms with Crippen LogP contribution in [0.3, 0.4) is 0 Å². The lowest BCUT2D eigenvalue weighted by atomic mass is 10.0. The molecule has 1 saturated heterocycles. The molecule has 1 amide bonds. The number of carbonyl (C=O) groups excluding carboxylic acids is 1. The Kier molecular flexibility index (Phi) is 4.28. The second-order valence-electron chi connectivity index (χ2n) is 5.50. The third kappa shape index (κ3) is 3.55. The van der Waals surface area contributed by atoms with Crippen LogP contribution in [-0.2, 0) is 9.53 Å². The van der Waals surface area contributed by atoms with Crippen LogP contribution in [0.2, 0.25) is 0 Å². The number of nitrogens with one attached hydrogen (secondary N) is 2. The van der Waals surface area contributed by atoms with Crippen LogP contribution < -0.4 is 10.6 Å². The van der Waals surface area contributed by atoms with Gasteiger partial charge in [-0.05, 0) is 39.3 Å². The average Bonchev–Trinajstić information content (AvgIpc) is 2.63. The summed E-state index contributed by atoms with van der Waals surface area (Å²) >= 11 is 1.76. The summed E-state index contributed by atoms with van der Waals surface area (Å²) in [5, 5.41) is 6.14. The van der Waals surface area contributed by atoms with E-state index in [-0.39, 0.29) is 24.2 Å². The highest BCUT2D eigenvalue weighted by Crippen LogP contribution is 2.26. The number of amides is 1. The van der Waals surface area contributed by atoms with Gasteiger partial charge in [0.05, 0.1) is 11.6 Å². The van der Waals surface area contributed by atoms with E-state index in [0.29, 0.717) is 0 Å². The van der Waals surface area contributed by atoms with Crippen LogP contribution >= 0.6 is 11.3 Å². The van der Waals surface area contributed by atoms with Crippen molar-refractivity contribution in [2.24, 2.45) is 0 Å². The Labute approximate surface area is 118 Å². The van der Waals surface area contributed by atoms with Gasteiger partial charge in [-0.1, -0.05) is 0 Å². The van der Waals surface area contributed by atoms with E-state index in [4.69, 9.17) is 4.74 Å². The molecule has 0 aromatic carbocycles. The van der Waals surface area contributed by atoms with Crippen LogP contribution in [0.1, 0.15) is 35.2 Å². The van der Waals surface area contributed by atoms with Crippen molar-refractivity contribution >= 4 is 17.2 Å². The minimum Gasteiger partial charge on any atom is -0.363 e. The molecule has 1 aromatic heterocycles. The minimum atomic E-state index is -0.171. The highest BCUT2D eigenvalue weighted by molar-refractivity contribution is 7.12. The molecule has 4 nitrogen and oxygen atoms in total. The molecule has 1 aliphatic rings. The molecule has 2 rings (SSSR count). The first kappa shape index (κ1) is 14.5. The van der Waals surface area contributed by atoms with Gasteiger partial charge in [-0.15, -0.1) is 11.3 Å². The average molecular weight is 282 g/mol. The van der Waals surface area contributed by atoms with Crippen molar-refractivity contribution in [2.75, 3.05) is 19.7 Å². The van der Waals surface area contributed by atoms with E-state index in [9.17, 15) is 4.79 Å². The Morgan fingerprint density at radius 3 is 2.74 bits per heavy atom. The fraction of sp³-hybridized carbons (Fsp3) is 0.643. The maximum absolute atomic E-state index is 11.9. The Morgan fingerprint density at radius 2 is 2.26 bits per heavy atom. The van der Waals surface area contributed by atoms with Gasteiger partial charge in [-0.3, -0.25) is 4.79 Å². The van der Waals surface area contributed by atoms with Crippen LogP contribution in [0.25, 0.3) is 0 Å². The zero-order chi connectivity index (χ0) is 14.0. The molecule has 1 aromatic rings. The lowest BCUT2D eigenvalue weighted by molar-refractivity contribution is -0.136. The lowest BCUT2D eigenvalue weighted by Gasteiger charge is -2.38. The SMILES string of the molecule is Cc1cc(C(C)NC(=O)COC2(C)CNC2)c(C)s1. The number of aryl methyl sites for hydroxylation is 2. The number of hydrogen-bond acceptors (Lipinski definition) is 4. The van der Waals surface area contributed by atoms with Crippen LogP contribution in [0, 0.1) is 13.8 Å². The van der Waals surface area contributed by atoms with Crippen molar-refractivity contribution in [2.45, 2.75) is 39.3 Å². The standard InChI is InChI=1S/C14H22N2O2S/c1-9-5-12(11(3)19-9)10(2)16-13(17)6-18-14(4)7-15-8-14/h5,10,15H,6-8H2,1-4H3,(H,16,17). The number of rotatable bonds is 5. The summed E-state index contributed by atoms with van der Waals surface area (Å²) in [4.78, 5) is 14.4. The molecular weight excluding hydrogens is 260 g/mol. The van der Waals surface area contributed by atoms with Gasteiger partial charge in [0, 0.05) is 22.8 Å². The largest absolute Gasteiger partial charge is 0.363 e. The molecule has 0 bridgehead atoms. The van der Waals surface area contributed by atoms with Gasteiger partial charge in [-0.25, -0.2) is 0 Å².